The molecule has 0 bridgehead atoms. The molecule has 2 aliphatic rings. The van der Waals surface area contributed by atoms with Crippen LogP contribution in [-0.4, -0.2) is 37.9 Å². The van der Waals surface area contributed by atoms with Crippen LogP contribution in [0, 0.1) is 5.92 Å². The Morgan fingerprint density at radius 2 is 2.03 bits per heavy atom. The van der Waals surface area contributed by atoms with Crippen molar-refractivity contribution >= 4 is 46.4 Å². The lowest BCUT2D eigenvalue weighted by Gasteiger charge is -2.20. The van der Waals surface area contributed by atoms with Crippen LogP contribution in [0.2, 0.25) is 5.02 Å². The van der Waals surface area contributed by atoms with Crippen LogP contribution in [0.25, 0.3) is 0 Å². The molecule has 162 valence electrons. The van der Waals surface area contributed by atoms with E-state index in [1.54, 1.807) is 28.0 Å². The van der Waals surface area contributed by atoms with Crippen molar-refractivity contribution in [3.63, 3.8) is 0 Å². The first-order chi connectivity index (χ1) is 14.9. The van der Waals surface area contributed by atoms with Crippen LogP contribution >= 0.6 is 11.6 Å². The van der Waals surface area contributed by atoms with Crippen molar-refractivity contribution in [2.45, 2.75) is 26.2 Å². The van der Waals surface area contributed by atoms with Gasteiger partial charge in [-0.25, -0.2) is 0 Å². The number of anilines is 3. The predicted molar refractivity (Wildman–Crippen MR) is 120 cm³/mol. The van der Waals surface area contributed by atoms with Crippen LogP contribution in [-0.2, 0) is 20.8 Å². The zero-order chi connectivity index (χ0) is 22.1. The minimum Gasteiger partial charge on any atom is -0.495 e. The van der Waals surface area contributed by atoms with Gasteiger partial charge in [-0.2, -0.15) is 0 Å². The smallest absolute Gasteiger partial charge is 0.229 e. The van der Waals surface area contributed by atoms with E-state index in [9.17, 15) is 14.4 Å². The first-order valence-electron chi connectivity index (χ1n) is 10.3. The number of nitrogens with one attached hydrogen (secondary N) is 1. The predicted octanol–water partition coefficient (Wildman–Crippen LogP) is 3.64. The lowest BCUT2D eigenvalue weighted by molar-refractivity contribution is -0.122. The summed E-state index contributed by atoms with van der Waals surface area (Å²) in [5.41, 5.74) is 3.28. The maximum absolute atomic E-state index is 12.7. The van der Waals surface area contributed by atoms with Gasteiger partial charge in [0.2, 0.25) is 17.7 Å². The second-order valence-corrected chi connectivity index (χ2v) is 8.11. The summed E-state index contributed by atoms with van der Waals surface area (Å²) in [7, 11) is 1.52. The van der Waals surface area contributed by atoms with Gasteiger partial charge >= 0.3 is 0 Å². The molecule has 31 heavy (non-hydrogen) atoms. The Hall–Kier alpha value is -3.06. The zero-order valence-corrected chi connectivity index (χ0v) is 18.2. The molecule has 8 heteroatoms. The van der Waals surface area contributed by atoms with Crippen LogP contribution in [0.5, 0.6) is 5.75 Å². The van der Waals surface area contributed by atoms with Gasteiger partial charge in [0.25, 0.3) is 0 Å². The number of hydrogen-bond donors (Lipinski definition) is 1. The van der Waals surface area contributed by atoms with Crippen molar-refractivity contribution in [3.8, 4) is 5.75 Å². The molecule has 0 saturated carbocycles. The third-order valence-corrected chi connectivity index (χ3v) is 6.08. The van der Waals surface area contributed by atoms with Crippen molar-refractivity contribution < 1.29 is 19.1 Å². The van der Waals surface area contributed by atoms with Crippen LogP contribution < -0.4 is 19.9 Å². The molecule has 0 spiro atoms. The van der Waals surface area contributed by atoms with Gasteiger partial charge in [0.1, 0.15) is 5.75 Å². The molecular formula is C23H24ClN3O4. The second-order valence-electron chi connectivity index (χ2n) is 7.71. The molecule has 4 rings (SSSR count). The summed E-state index contributed by atoms with van der Waals surface area (Å²) in [6.07, 6.45) is 1.37. The molecule has 2 heterocycles. The molecule has 0 radical (unpaired) electrons. The maximum Gasteiger partial charge on any atom is 0.229 e. The van der Waals surface area contributed by atoms with Crippen molar-refractivity contribution in [2.24, 2.45) is 5.92 Å². The number of hydrogen-bond acceptors (Lipinski definition) is 4. The molecule has 1 N–H and O–H groups in total. The molecule has 1 saturated heterocycles. The lowest BCUT2D eigenvalue weighted by atomic mass is 10.1. The Bertz CT molecular complexity index is 1060. The molecule has 0 aromatic heterocycles. The fourth-order valence-corrected chi connectivity index (χ4v) is 4.38. The summed E-state index contributed by atoms with van der Waals surface area (Å²) in [6, 6.07) is 10.7. The summed E-state index contributed by atoms with van der Waals surface area (Å²) in [4.78, 5) is 40.9. The fraction of sp³-hybridized carbons (Fsp3) is 0.348. The van der Waals surface area contributed by atoms with Crippen molar-refractivity contribution in [2.75, 3.05) is 35.3 Å². The average molecular weight is 442 g/mol. The monoisotopic (exact) mass is 441 g/mol. The van der Waals surface area contributed by atoms with E-state index < -0.39 is 5.92 Å². The second kappa shape index (κ2) is 8.59. The van der Waals surface area contributed by atoms with E-state index in [2.05, 4.69) is 5.32 Å². The van der Waals surface area contributed by atoms with E-state index in [1.807, 2.05) is 25.1 Å². The molecular weight excluding hydrogens is 418 g/mol. The van der Waals surface area contributed by atoms with Gasteiger partial charge in [0, 0.05) is 43.0 Å². The highest BCUT2D eigenvalue weighted by Crippen LogP contribution is 2.34. The summed E-state index contributed by atoms with van der Waals surface area (Å²) in [5.74, 6) is -0.151. The number of carbonyl (C=O) groups excluding carboxylic acids is 3. The standard InChI is InChI=1S/C23H24ClN3O4/c1-3-21(28)26-9-8-14-10-17(5-6-19(14)26)27-13-15(11-22(27)29)23(30)25-16-4-7-20(31-2)18(24)12-16/h4-7,10,12,15H,3,8-9,11,13H2,1-2H3,(H,25,30)/t15-/m0/s1. The van der Waals surface area contributed by atoms with Gasteiger partial charge in [0.05, 0.1) is 18.1 Å². The number of halogens is 1. The molecule has 3 amide bonds. The Balaban J connectivity index is 1.45. The maximum atomic E-state index is 12.7. The summed E-state index contributed by atoms with van der Waals surface area (Å²) in [6.45, 7) is 2.82. The highest BCUT2D eigenvalue weighted by atomic mass is 35.5. The molecule has 1 fully saturated rings. The minimum atomic E-state index is -0.459. The summed E-state index contributed by atoms with van der Waals surface area (Å²) < 4.78 is 5.12. The number of ether oxygens (including phenoxy) is 1. The molecule has 1 atom stereocenters. The van der Waals surface area contributed by atoms with Gasteiger partial charge in [-0.3, -0.25) is 14.4 Å². The van der Waals surface area contributed by atoms with Crippen molar-refractivity contribution in [1.29, 1.82) is 0 Å². The molecule has 0 unspecified atom stereocenters. The van der Waals surface area contributed by atoms with E-state index in [4.69, 9.17) is 16.3 Å². The van der Waals surface area contributed by atoms with Crippen LogP contribution in [0.4, 0.5) is 17.1 Å². The van der Waals surface area contributed by atoms with Gasteiger partial charge < -0.3 is 19.9 Å². The van der Waals surface area contributed by atoms with Crippen LogP contribution in [0.1, 0.15) is 25.3 Å². The Morgan fingerprint density at radius 3 is 2.74 bits per heavy atom. The first-order valence-corrected chi connectivity index (χ1v) is 10.7. The Kier molecular flexibility index (Phi) is 5.87. The SMILES string of the molecule is CCC(=O)N1CCc2cc(N3C[C@@H](C(=O)Nc4ccc(OC)c(Cl)c4)CC3=O)ccc21. The third-order valence-electron chi connectivity index (χ3n) is 5.79. The van der Waals surface area contributed by atoms with Crippen LogP contribution in [0.3, 0.4) is 0 Å². The fourth-order valence-electron chi connectivity index (χ4n) is 4.13. The van der Waals surface area contributed by atoms with E-state index in [0.717, 1.165) is 23.4 Å². The average Bonchev–Trinajstić information content (AvgIpc) is 3.36. The van der Waals surface area contributed by atoms with Gasteiger partial charge in [-0.05, 0) is 48.4 Å². The van der Waals surface area contributed by atoms with Crippen molar-refractivity contribution in [3.05, 3.63) is 47.0 Å². The zero-order valence-electron chi connectivity index (χ0n) is 17.5. The van der Waals surface area contributed by atoms with E-state index >= 15 is 0 Å². The normalized spacial score (nSPS) is 17.6. The number of methoxy groups -OCH3 is 1. The minimum absolute atomic E-state index is 0.0904. The largest absolute Gasteiger partial charge is 0.495 e. The number of benzene rings is 2. The van der Waals surface area contributed by atoms with Gasteiger partial charge in [0.15, 0.2) is 0 Å². The van der Waals surface area contributed by atoms with E-state index in [0.29, 0.717) is 36.0 Å². The molecule has 2 aliphatic heterocycles. The highest BCUT2D eigenvalue weighted by molar-refractivity contribution is 6.32. The Labute approximate surface area is 185 Å². The lowest BCUT2D eigenvalue weighted by Crippen LogP contribution is -2.28. The molecule has 0 aliphatic carbocycles. The Morgan fingerprint density at radius 1 is 1.23 bits per heavy atom. The highest BCUT2D eigenvalue weighted by Gasteiger charge is 2.36. The number of fused-ring (bicyclic) bond motifs is 1. The van der Waals surface area contributed by atoms with Gasteiger partial charge in [-0.15, -0.1) is 0 Å². The first kappa shape index (κ1) is 21.2. The van der Waals surface area contributed by atoms with E-state index in [-0.39, 0.29) is 24.1 Å². The number of carbonyl (C=O) groups is 3. The number of rotatable bonds is 5. The number of nitrogens with zero attached hydrogens (tertiary/aromatic N) is 2. The summed E-state index contributed by atoms with van der Waals surface area (Å²) >= 11 is 6.12. The van der Waals surface area contributed by atoms with Gasteiger partial charge in [-0.1, -0.05) is 18.5 Å². The summed E-state index contributed by atoms with van der Waals surface area (Å²) in [5, 5.41) is 3.23. The molecule has 7 nitrogen and oxygen atoms in total. The van der Waals surface area contributed by atoms with Crippen LogP contribution in [0.15, 0.2) is 36.4 Å². The van der Waals surface area contributed by atoms with E-state index in [1.165, 1.54) is 7.11 Å². The number of amides is 3. The molecule has 2 aromatic carbocycles. The molecule has 2 aromatic rings. The topological polar surface area (TPSA) is 79.0 Å². The van der Waals surface area contributed by atoms with Crippen molar-refractivity contribution in [1.82, 2.24) is 0 Å². The quantitative estimate of drug-likeness (QED) is 0.768. The third kappa shape index (κ3) is 4.10.